The Morgan fingerprint density at radius 3 is 2.37 bits per heavy atom. The molecule has 0 aromatic heterocycles. The molecule has 0 radical (unpaired) electrons. The number of hydrogen-bond donors (Lipinski definition) is 0. The second-order valence-electron chi connectivity index (χ2n) is 4.96. The first kappa shape index (κ1) is 12.6. The van der Waals surface area contributed by atoms with Gasteiger partial charge in [-0.2, -0.15) is 17.6 Å². The largest absolute Gasteiger partial charge is 0.454 e. The summed E-state index contributed by atoms with van der Waals surface area (Å²) in [7, 11) is 0. The fourth-order valence-electron chi connectivity index (χ4n) is 2.87. The molecule has 1 heterocycles. The van der Waals surface area contributed by atoms with Crippen molar-refractivity contribution in [3.63, 3.8) is 0 Å². The van der Waals surface area contributed by atoms with Gasteiger partial charge in [0.25, 0.3) is 0 Å². The fraction of sp³-hybridized carbons (Fsp3) is 0.538. The van der Waals surface area contributed by atoms with Gasteiger partial charge in [0.15, 0.2) is 11.5 Å². The molecular formula is C13H12F4O2. The van der Waals surface area contributed by atoms with E-state index in [0.29, 0.717) is 11.5 Å². The zero-order valence-electron chi connectivity index (χ0n) is 10.2. The zero-order valence-corrected chi connectivity index (χ0v) is 10.2. The lowest BCUT2D eigenvalue weighted by Crippen LogP contribution is -2.69. The molecule has 3 rings (SSSR count). The smallest absolute Gasteiger partial charge is 0.319 e. The third-order valence-electron chi connectivity index (χ3n) is 4.11. The molecule has 1 fully saturated rings. The zero-order chi connectivity index (χ0) is 13.9. The number of fused-ring (bicyclic) bond motifs is 1. The van der Waals surface area contributed by atoms with Crippen LogP contribution < -0.4 is 9.47 Å². The predicted molar refractivity (Wildman–Crippen MR) is 59.0 cm³/mol. The van der Waals surface area contributed by atoms with E-state index >= 15 is 0 Å². The number of hydrogen-bond acceptors (Lipinski definition) is 2. The molecule has 1 saturated carbocycles. The average Bonchev–Trinajstić information content (AvgIpc) is 2.82. The van der Waals surface area contributed by atoms with Crippen molar-refractivity contribution in [1.29, 1.82) is 0 Å². The van der Waals surface area contributed by atoms with Gasteiger partial charge in [0.1, 0.15) is 0 Å². The number of ether oxygens (including phenoxy) is 2. The maximum Gasteiger partial charge on any atom is 0.319 e. The lowest BCUT2D eigenvalue weighted by atomic mass is 9.57. The van der Waals surface area contributed by atoms with Gasteiger partial charge in [-0.15, -0.1) is 0 Å². The Bertz CT molecular complexity index is 529. The van der Waals surface area contributed by atoms with E-state index in [9.17, 15) is 17.6 Å². The molecule has 1 aromatic rings. The Kier molecular flexibility index (Phi) is 2.35. The van der Waals surface area contributed by atoms with Gasteiger partial charge in [0.2, 0.25) is 6.79 Å². The molecule has 1 aliphatic carbocycles. The third-order valence-corrected chi connectivity index (χ3v) is 4.11. The first-order valence-corrected chi connectivity index (χ1v) is 6.00. The lowest BCUT2D eigenvalue weighted by molar-refractivity contribution is -0.328. The molecule has 1 aliphatic heterocycles. The minimum absolute atomic E-state index is 0.0183. The molecule has 0 spiro atoms. The monoisotopic (exact) mass is 276 g/mol. The van der Waals surface area contributed by atoms with E-state index in [1.54, 1.807) is 0 Å². The summed E-state index contributed by atoms with van der Waals surface area (Å²) in [6, 6.07) is 4.29. The Labute approximate surface area is 107 Å². The Morgan fingerprint density at radius 1 is 1.11 bits per heavy atom. The molecule has 2 aliphatic rings. The van der Waals surface area contributed by atoms with Gasteiger partial charge in [0.05, 0.1) is 5.41 Å². The second-order valence-corrected chi connectivity index (χ2v) is 4.96. The van der Waals surface area contributed by atoms with Crippen molar-refractivity contribution >= 4 is 0 Å². The molecular weight excluding hydrogens is 264 g/mol. The molecule has 0 amide bonds. The van der Waals surface area contributed by atoms with Crippen molar-refractivity contribution in [2.75, 3.05) is 6.79 Å². The van der Waals surface area contributed by atoms with Crippen LogP contribution in [-0.4, -0.2) is 18.6 Å². The first-order valence-electron chi connectivity index (χ1n) is 6.00. The standard InChI is InChI=1S/C13H12F4O2/c1-2-11(6-12(14,15)13(11,16)17)8-3-4-9-10(5-8)19-7-18-9/h3-5H,2,6-7H2,1H3. The van der Waals surface area contributed by atoms with Crippen LogP contribution in [0.1, 0.15) is 25.3 Å². The summed E-state index contributed by atoms with van der Waals surface area (Å²) >= 11 is 0. The van der Waals surface area contributed by atoms with Gasteiger partial charge in [0, 0.05) is 6.42 Å². The van der Waals surface area contributed by atoms with Gasteiger partial charge in [-0.25, -0.2) is 0 Å². The highest BCUT2D eigenvalue weighted by atomic mass is 19.3. The Balaban J connectivity index is 2.05. The molecule has 1 aromatic carbocycles. The van der Waals surface area contributed by atoms with Crippen molar-refractivity contribution in [3.8, 4) is 11.5 Å². The minimum Gasteiger partial charge on any atom is -0.454 e. The molecule has 1 unspecified atom stereocenters. The van der Waals surface area contributed by atoms with Crippen LogP contribution in [0.4, 0.5) is 17.6 Å². The molecule has 0 saturated heterocycles. The molecule has 0 N–H and O–H groups in total. The summed E-state index contributed by atoms with van der Waals surface area (Å²) in [5.74, 6) is -7.21. The summed E-state index contributed by atoms with van der Waals surface area (Å²) in [6.45, 7) is 1.51. The van der Waals surface area contributed by atoms with Crippen molar-refractivity contribution < 1.29 is 27.0 Å². The molecule has 19 heavy (non-hydrogen) atoms. The highest BCUT2D eigenvalue weighted by Crippen LogP contribution is 2.65. The number of rotatable bonds is 2. The van der Waals surface area contributed by atoms with E-state index in [0.717, 1.165) is 0 Å². The summed E-state index contributed by atoms with van der Waals surface area (Å²) in [4.78, 5) is 0. The van der Waals surface area contributed by atoms with Gasteiger partial charge in [-0.05, 0) is 24.1 Å². The summed E-state index contributed by atoms with van der Waals surface area (Å²) in [5, 5.41) is 0. The van der Waals surface area contributed by atoms with Crippen molar-refractivity contribution in [3.05, 3.63) is 23.8 Å². The highest BCUT2D eigenvalue weighted by Gasteiger charge is 2.79. The number of benzene rings is 1. The van der Waals surface area contributed by atoms with E-state index in [1.165, 1.54) is 25.1 Å². The molecule has 104 valence electrons. The summed E-state index contributed by atoms with van der Waals surface area (Å²) < 4.78 is 64.2. The fourth-order valence-corrected chi connectivity index (χ4v) is 2.87. The minimum atomic E-state index is -4.04. The average molecular weight is 276 g/mol. The normalized spacial score (nSPS) is 29.9. The number of alkyl halides is 4. The van der Waals surface area contributed by atoms with Gasteiger partial charge in [-0.1, -0.05) is 13.0 Å². The van der Waals surface area contributed by atoms with Crippen LogP contribution in [0.2, 0.25) is 0 Å². The molecule has 0 bridgehead atoms. The van der Waals surface area contributed by atoms with Crippen LogP contribution in [-0.2, 0) is 5.41 Å². The lowest BCUT2D eigenvalue weighted by Gasteiger charge is -2.54. The van der Waals surface area contributed by atoms with Crippen LogP contribution >= 0.6 is 0 Å². The quantitative estimate of drug-likeness (QED) is 0.766. The highest BCUT2D eigenvalue weighted by molar-refractivity contribution is 5.49. The van der Waals surface area contributed by atoms with Crippen molar-refractivity contribution in [2.45, 2.75) is 37.0 Å². The van der Waals surface area contributed by atoms with Gasteiger partial charge >= 0.3 is 11.8 Å². The Morgan fingerprint density at radius 2 is 1.79 bits per heavy atom. The van der Waals surface area contributed by atoms with E-state index < -0.39 is 23.7 Å². The van der Waals surface area contributed by atoms with Gasteiger partial charge in [-0.3, -0.25) is 0 Å². The van der Waals surface area contributed by atoms with Crippen LogP contribution in [0.5, 0.6) is 11.5 Å². The second kappa shape index (κ2) is 3.55. The van der Waals surface area contributed by atoms with E-state index in [4.69, 9.17) is 9.47 Å². The van der Waals surface area contributed by atoms with Crippen LogP contribution in [0, 0.1) is 0 Å². The third kappa shape index (κ3) is 1.37. The summed E-state index contributed by atoms with van der Waals surface area (Å²) in [5.41, 5.74) is -1.65. The van der Waals surface area contributed by atoms with Crippen molar-refractivity contribution in [1.82, 2.24) is 0 Å². The summed E-state index contributed by atoms with van der Waals surface area (Å²) in [6.07, 6.45) is -0.904. The molecule has 6 heteroatoms. The molecule has 1 atom stereocenters. The maximum absolute atomic E-state index is 13.9. The topological polar surface area (TPSA) is 18.5 Å². The predicted octanol–water partition coefficient (Wildman–Crippen LogP) is 3.74. The SMILES string of the molecule is CCC1(c2ccc3c(c2)OCO3)CC(F)(F)C1(F)F. The Hall–Kier alpha value is -1.46. The van der Waals surface area contributed by atoms with Crippen LogP contribution in [0.3, 0.4) is 0 Å². The van der Waals surface area contributed by atoms with E-state index in [1.807, 2.05) is 0 Å². The van der Waals surface area contributed by atoms with Crippen LogP contribution in [0.15, 0.2) is 18.2 Å². The van der Waals surface area contributed by atoms with E-state index in [-0.39, 0.29) is 18.8 Å². The van der Waals surface area contributed by atoms with Crippen LogP contribution in [0.25, 0.3) is 0 Å². The van der Waals surface area contributed by atoms with Crippen molar-refractivity contribution in [2.24, 2.45) is 0 Å². The molecule has 2 nitrogen and oxygen atoms in total. The van der Waals surface area contributed by atoms with Gasteiger partial charge < -0.3 is 9.47 Å². The first-order chi connectivity index (χ1) is 8.84. The van der Waals surface area contributed by atoms with E-state index in [2.05, 4.69) is 0 Å². The maximum atomic E-state index is 13.9. The number of halogens is 4.